The van der Waals surface area contributed by atoms with Crippen molar-refractivity contribution in [2.45, 2.75) is 30.7 Å². The van der Waals surface area contributed by atoms with E-state index in [1.54, 1.807) is 0 Å². The van der Waals surface area contributed by atoms with Crippen molar-refractivity contribution in [3.8, 4) is 0 Å². The number of nitrogens with two attached hydrogens (primary N) is 1. The van der Waals surface area contributed by atoms with Crippen LogP contribution in [0.3, 0.4) is 0 Å². The highest BCUT2D eigenvalue weighted by Crippen LogP contribution is 2.23. The monoisotopic (exact) mass is 249 g/mol. The summed E-state index contributed by atoms with van der Waals surface area (Å²) in [4.78, 5) is 1.29. The summed E-state index contributed by atoms with van der Waals surface area (Å²) < 4.78 is 5.32. The van der Waals surface area contributed by atoms with Gasteiger partial charge in [0, 0.05) is 16.7 Å². The lowest BCUT2D eigenvalue weighted by Gasteiger charge is -2.19. The van der Waals surface area contributed by atoms with Crippen LogP contribution in [0.25, 0.3) is 0 Å². The van der Waals surface area contributed by atoms with Gasteiger partial charge in [-0.05, 0) is 37.5 Å². The van der Waals surface area contributed by atoms with Crippen LogP contribution in [0.2, 0.25) is 0 Å². The first-order valence-electron chi connectivity index (χ1n) is 6.01. The second-order valence-electron chi connectivity index (χ2n) is 4.40. The average molecular weight is 249 g/mol. The van der Waals surface area contributed by atoms with E-state index in [1.807, 2.05) is 18.0 Å². The van der Waals surface area contributed by atoms with Gasteiger partial charge in [-0.15, -0.1) is 11.8 Å². The molecule has 92 valence electrons. The number of ether oxygens (including phenoxy) is 1. The second kappa shape index (κ2) is 6.12. The molecule has 0 amide bonds. The smallest absolute Gasteiger partial charge is 0.0876 e. The number of rotatable bonds is 4. The molecule has 0 aliphatic carbocycles. The molecule has 1 heterocycles. The average Bonchev–Trinajstić information content (AvgIpc) is 2.37. The van der Waals surface area contributed by atoms with Gasteiger partial charge in [-0.1, -0.05) is 17.7 Å². The number of benzene rings is 1. The van der Waals surface area contributed by atoms with Gasteiger partial charge in [0.05, 0.1) is 12.9 Å². The molecule has 1 atom stereocenters. The molecule has 2 rings (SSSR count). The van der Waals surface area contributed by atoms with Crippen LogP contribution in [-0.4, -0.2) is 18.4 Å². The molecule has 1 aromatic carbocycles. The molecule has 1 unspecified atom stereocenters. The van der Waals surface area contributed by atoms with Gasteiger partial charge in [-0.25, -0.2) is 0 Å². The molecular weight excluding hydrogens is 230 g/mol. The largest absolute Gasteiger partial charge is 0.501 e. The van der Waals surface area contributed by atoms with Gasteiger partial charge in [0.25, 0.3) is 0 Å². The summed E-state index contributed by atoms with van der Waals surface area (Å²) >= 11 is 1.81. The maximum Gasteiger partial charge on any atom is 0.0876 e. The van der Waals surface area contributed by atoms with E-state index in [9.17, 15) is 0 Å². The van der Waals surface area contributed by atoms with Gasteiger partial charge < -0.3 is 10.5 Å². The molecule has 1 aliphatic heterocycles. The van der Waals surface area contributed by atoms with Crippen molar-refractivity contribution in [2.75, 3.05) is 12.4 Å². The van der Waals surface area contributed by atoms with Crippen LogP contribution in [0.4, 0.5) is 0 Å². The lowest BCUT2D eigenvalue weighted by atomic mass is 10.0. The first-order valence-corrected chi connectivity index (χ1v) is 7.00. The van der Waals surface area contributed by atoms with Crippen LogP contribution >= 0.6 is 11.8 Å². The Kier molecular flexibility index (Phi) is 4.51. The van der Waals surface area contributed by atoms with Gasteiger partial charge in [-0.3, -0.25) is 0 Å². The Labute approximate surface area is 107 Å². The zero-order chi connectivity index (χ0) is 12.1. The highest BCUT2D eigenvalue weighted by Gasteiger charge is 2.13. The standard InChI is InChI=1S/C14H19NOS/c1-11-4-2-6-13(8-11)17-10-14(15)12-5-3-7-16-9-12/h2,4,6,8-9,14H,3,5,7,10,15H2,1H3. The molecule has 0 radical (unpaired) electrons. The molecule has 0 saturated heterocycles. The Balaban J connectivity index is 1.87. The van der Waals surface area contributed by atoms with E-state index in [4.69, 9.17) is 10.5 Å². The van der Waals surface area contributed by atoms with E-state index >= 15 is 0 Å². The molecular formula is C14H19NOS. The van der Waals surface area contributed by atoms with Crippen molar-refractivity contribution in [3.63, 3.8) is 0 Å². The Morgan fingerprint density at radius 1 is 1.47 bits per heavy atom. The zero-order valence-corrected chi connectivity index (χ0v) is 11.0. The quantitative estimate of drug-likeness (QED) is 0.833. The lowest BCUT2D eigenvalue weighted by molar-refractivity contribution is 0.222. The molecule has 0 aromatic heterocycles. The van der Waals surface area contributed by atoms with Crippen LogP contribution in [-0.2, 0) is 4.74 Å². The molecule has 2 N–H and O–H groups in total. The van der Waals surface area contributed by atoms with E-state index < -0.39 is 0 Å². The van der Waals surface area contributed by atoms with Crippen molar-refractivity contribution >= 4 is 11.8 Å². The Morgan fingerprint density at radius 2 is 2.35 bits per heavy atom. The summed E-state index contributed by atoms with van der Waals surface area (Å²) in [6, 6.07) is 8.65. The minimum Gasteiger partial charge on any atom is -0.501 e. The Hall–Kier alpha value is -0.930. The van der Waals surface area contributed by atoms with Crippen molar-refractivity contribution < 1.29 is 4.74 Å². The first kappa shape index (κ1) is 12.5. The fraction of sp³-hybridized carbons (Fsp3) is 0.429. The molecule has 0 spiro atoms. The molecule has 0 fully saturated rings. The number of aryl methyl sites for hydroxylation is 1. The third kappa shape index (κ3) is 3.79. The van der Waals surface area contributed by atoms with Gasteiger partial charge >= 0.3 is 0 Å². The van der Waals surface area contributed by atoms with E-state index in [-0.39, 0.29) is 6.04 Å². The van der Waals surface area contributed by atoms with Gasteiger partial charge in [-0.2, -0.15) is 0 Å². The summed E-state index contributed by atoms with van der Waals surface area (Å²) in [5, 5.41) is 0. The summed E-state index contributed by atoms with van der Waals surface area (Å²) in [6.45, 7) is 2.95. The maximum atomic E-state index is 6.17. The first-order chi connectivity index (χ1) is 8.25. The van der Waals surface area contributed by atoms with Gasteiger partial charge in [0.15, 0.2) is 0 Å². The van der Waals surface area contributed by atoms with E-state index in [2.05, 4.69) is 31.2 Å². The van der Waals surface area contributed by atoms with Crippen LogP contribution in [0.5, 0.6) is 0 Å². The van der Waals surface area contributed by atoms with Crippen LogP contribution < -0.4 is 5.73 Å². The third-order valence-electron chi connectivity index (χ3n) is 2.86. The SMILES string of the molecule is Cc1cccc(SCC(N)C2=COCCC2)c1. The van der Waals surface area contributed by atoms with E-state index in [0.717, 1.165) is 25.2 Å². The van der Waals surface area contributed by atoms with Crippen LogP contribution in [0.1, 0.15) is 18.4 Å². The lowest BCUT2D eigenvalue weighted by Crippen LogP contribution is -2.27. The van der Waals surface area contributed by atoms with E-state index in [0.29, 0.717) is 0 Å². The fourth-order valence-electron chi connectivity index (χ4n) is 1.86. The van der Waals surface area contributed by atoms with E-state index in [1.165, 1.54) is 16.0 Å². The van der Waals surface area contributed by atoms with Crippen molar-refractivity contribution in [3.05, 3.63) is 41.7 Å². The van der Waals surface area contributed by atoms with Gasteiger partial charge in [0.2, 0.25) is 0 Å². The van der Waals surface area contributed by atoms with Crippen molar-refractivity contribution in [1.82, 2.24) is 0 Å². The summed E-state index contributed by atoms with van der Waals surface area (Å²) in [7, 11) is 0. The molecule has 2 nitrogen and oxygen atoms in total. The second-order valence-corrected chi connectivity index (χ2v) is 5.49. The molecule has 3 heteroatoms. The van der Waals surface area contributed by atoms with Crippen molar-refractivity contribution in [2.24, 2.45) is 5.73 Å². The molecule has 0 bridgehead atoms. The fourth-order valence-corrected chi connectivity index (χ4v) is 2.89. The minimum absolute atomic E-state index is 0.112. The van der Waals surface area contributed by atoms with Gasteiger partial charge in [0.1, 0.15) is 0 Å². The topological polar surface area (TPSA) is 35.2 Å². The highest BCUT2D eigenvalue weighted by molar-refractivity contribution is 7.99. The molecule has 0 saturated carbocycles. The predicted molar refractivity (Wildman–Crippen MR) is 73.1 cm³/mol. The summed E-state index contributed by atoms with van der Waals surface area (Å²) in [5.41, 5.74) is 8.71. The highest BCUT2D eigenvalue weighted by atomic mass is 32.2. The van der Waals surface area contributed by atoms with Crippen molar-refractivity contribution in [1.29, 1.82) is 0 Å². The summed E-state index contributed by atoms with van der Waals surface area (Å²) in [6.07, 6.45) is 4.02. The predicted octanol–water partition coefficient (Wildman–Crippen LogP) is 3.11. The van der Waals surface area contributed by atoms with Crippen LogP contribution in [0.15, 0.2) is 41.0 Å². The zero-order valence-electron chi connectivity index (χ0n) is 10.2. The third-order valence-corrected chi connectivity index (χ3v) is 3.97. The number of hydrogen-bond donors (Lipinski definition) is 1. The minimum atomic E-state index is 0.112. The molecule has 1 aromatic rings. The maximum absolute atomic E-state index is 6.17. The summed E-state index contributed by atoms with van der Waals surface area (Å²) in [5.74, 6) is 0.915. The molecule has 17 heavy (non-hydrogen) atoms. The molecule has 1 aliphatic rings. The normalized spacial score (nSPS) is 17.2. The number of thioether (sulfide) groups is 1. The Morgan fingerprint density at radius 3 is 3.06 bits per heavy atom. The Bertz CT molecular complexity index is 403. The van der Waals surface area contributed by atoms with Crippen LogP contribution in [0, 0.1) is 6.92 Å². The number of hydrogen-bond acceptors (Lipinski definition) is 3.